The van der Waals surface area contributed by atoms with Gasteiger partial charge in [0.15, 0.2) is 0 Å². The molecule has 31 heavy (non-hydrogen) atoms. The third-order valence-electron chi connectivity index (χ3n) is 5.90. The molecule has 1 saturated heterocycles. The van der Waals surface area contributed by atoms with E-state index in [1.807, 2.05) is 48.5 Å². The van der Waals surface area contributed by atoms with Gasteiger partial charge in [-0.05, 0) is 47.9 Å². The van der Waals surface area contributed by atoms with Gasteiger partial charge >= 0.3 is 0 Å². The Morgan fingerprint density at radius 2 is 1.74 bits per heavy atom. The Kier molecular flexibility index (Phi) is 4.82. The van der Waals surface area contributed by atoms with Crippen LogP contribution in [0.5, 0.6) is 0 Å². The van der Waals surface area contributed by atoms with E-state index in [-0.39, 0.29) is 29.9 Å². The standard InChI is InChI=1S/C25H21FN2O2S/c1-2-17-10-12-20(13-11-17)28-23(29)16-31-25(28)21-8-3-4-9-22(21)27(24(25)30)15-18-6-5-7-19(26)14-18/h3-14H,2,15-16H2,1H3/t25-/m1/s1. The minimum Gasteiger partial charge on any atom is -0.304 e. The average Bonchev–Trinajstić information content (AvgIpc) is 3.25. The highest BCUT2D eigenvalue weighted by Crippen LogP contribution is 2.55. The second-order valence-corrected chi connectivity index (χ2v) is 8.89. The molecule has 0 N–H and O–H groups in total. The Bertz CT molecular complexity index is 1180. The number of thioether (sulfide) groups is 1. The van der Waals surface area contributed by atoms with Gasteiger partial charge in [0, 0.05) is 11.3 Å². The van der Waals surface area contributed by atoms with Gasteiger partial charge in [0.05, 0.1) is 18.0 Å². The van der Waals surface area contributed by atoms with Crippen LogP contribution >= 0.6 is 11.8 Å². The summed E-state index contributed by atoms with van der Waals surface area (Å²) >= 11 is 1.35. The Labute approximate surface area is 184 Å². The molecule has 0 aliphatic carbocycles. The molecule has 0 unspecified atom stereocenters. The van der Waals surface area contributed by atoms with E-state index in [0.29, 0.717) is 11.3 Å². The minimum absolute atomic E-state index is 0.0926. The summed E-state index contributed by atoms with van der Waals surface area (Å²) in [5.41, 5.74) is 4.14. The number of anilines is 2. The largest absolute Gasteiger partial charge is 0.304 e. The number of hydrogen-bond acceptors (Lipinski definition) is 3. The monoisotopic (exact) mass is 432 g/mol. The van der Waals surface area contributed by atoms with Crippen LogP contribution in [0.2, 0.25) is 0 Å². The number of fused-ring (bicyclic) bond motifs is 2. The first-order chi connectivity index (χ1) is 15.0. The molecule has 0 radical (unpaired) electrons. The average molecular weight is 433 g/mol. The lowest BCUT2D eigenvalue weighted by molar-refractivity contribution is -0.123. The lowest BCUT2D eigenvalue weighted by Gasteiger charge is -2.33. The van der Waals surface area contributed by atoms with E-state index in [1.54, 1.807) is 21.9 Å². The fourth-order valence-corrected chi connectivity index (χ4v) is 5.77. The highest BCUT2D eigenvalue weighted by Gasteiger charge is 2.60. The molecule has 1 fully saturated rings. The fourth-order valence-electron chi connectivity index (χ4n) is 4.41. The van der Waals surface area contributed by atoms with Gasteiger partial charge in [-0.3, -0.25) is 14.5 Å². The number of hydrogen-bond donors (Lipinski definition) is 0. The highest BCUT2D eigenvalue weighted by atomic mass is 32.2. The van der Waals surface area contributed by atoms with Gasteiger partial charge in [0.1, 0.15) is 5.82 Å². The van der Waals surface area contributed by atoms with E-state index in [4.69, 9.17) is 0 Å². The SMILES string of the molecule is CCc1ccc(N2C(=O)CS[C@]23C(=O)N(Cc2cccc(F)c2)c2ccccc23)cc1. The van der Waals surface area contributed by atoms with Crippen molar-refractivity contribution in [2.45, 2.75) is 24.8 Å². The Balaban J connectivity index is 1.62. The van der Waals surface area contributed by atoms with Crippen LogP contribution in [0.1, 0.15) is 23.6 Å². The molecule has 2 heterocycles. The van der Waals surface area contributed by atoms with Crippen LogP contribution in [0, 0.1) is 5.82 Å². The second kappa shape index (κ2) is 7.54. The zero-order chi connectivity index (χ0) is 21.6. The predicted octanol–water partition coefficient (Wildman–Crippen LogP) is 4.87. The molecular weight excluding hydrogens is 411 g/mol. The molecular formula is C25H21FN2O2S. The summed E-state index contributed by atoms with van der Waals surface area (Å²) in [5.74, 6) is -0.378. The summed E-state index contributed by atoms with van der Waals surface area (Å²) in [6.07, 6.45) is 0.900. The van der Waals surface area contributed by atoms with E-state index in [0.717, 1.165) is 17.7 Å². The number of para-hydroxylation sites is 1. The molecule has 5 rings (SSSR count). The topological polar surface area (TPSA) is 40.6 Å². The first-order valence-electron chi connectivity index (χ1n) is 10.3. The summed E-state index contributed by atoms with van der Waals surface area (Å²) in [6, 6.07) is 21.7. The maximum atomic E-state index is 13.9. The zero-order valence-electron chi connectivity index (χ0n) is 17.0. The predicted molar refractivity (Wildman–Crippen MR) is 121 cm³/mol. The van der Waals surface area contributed by atoms with E-state index < -0.39 is 4.87 Å². The second-order valence-electron chi connectivity index (χ2n) is 7.72. The number of amides is 2. The van der Waals surface area contributed by atoms with Crippen molar-refractivity contribution in [1.82, 2.24) is 0 Å². The van der Waals surface area contributed by atoms with Crippen molar-refractivity contribution in [1.29, 1.82) is 0 Å². The van der Waals surface area contributed by atoms with Crippen molar-refractivity contribution in [3.8, 4) is 0 Å². The van der Waals surface area contributed by atoms with Gasteiger partial charge in [-0.2, -0.15) is 0 Å². The van der Waals surface area contributed by atoms with Crippen LogP contribution in [0.15, 0.2) is 72.8 Å². The minimum atomic E-state index is -1.14. The van der Waals surface area contributed by atoms with Crippen molar-refractivity contribution < 1.29 is 14.0 Å². The summed E-state index contributed by atoms with van der Waals surface area (Å²) in [6.45, 7) is 2.32. The molecule has 1 spiro atoms. The molecule has 0 saturated carbocycles. The summed E-state index contributed by atoms with van der Waals surface area (Å²) < 4.78 is 13.8. The van der Waals surface area contributed by atoms with Gasteiger partial charge < -0.3 is 4.90 Å². The molecule has 4 nitrogen and oxygen atoms in total. The van der Waals surface area contributed by atoms with Crippen LogP contribution in [-0.2, 0) is 27.4 Å². The highest BCUT2D eigenvalue weighted by molar-refractivity contribution is 8.02. The van der Waals surface area contributed by atoms with Crippen molar-refractivity contribution in [3.63, 3.8) is 0 Å². The summed E-state index contributed by atoms with van der Waals surface area (Å²) in [4.78, 5) is 29.2. The Morgan fingerprint density at radius 1 is 0.968 bits per heavy atom. The summed E-state index contributed by atoms with van der Waals surface area (Å²) in [5, 5.41) is 0. The molecule has 156 valence electrons. The molecule has 1 atom stereocenters. The maximum Gasteiger partial charge on any atom is 0.269 e. The number of aryl methyl sites for hydroxylation is 1. The van der Waals surface area contributed by atoms with Crippen LogP contribution < -0.4 is 9.80 Å². The van der Waals surface area contributed by atoms with Crippen molar-refractivity contribution in [2.24, 2.45) is 0 Å². The Morgan fingerprint density at radius 3 is 2.48 bits per heavy atom. The molecule has 2 amide bonds. The van der Waals surface area contributed by atoms with Gasteiger partial charge in [-0.15, -0.1) is 11.8 Å². The van der Waals surface area contributed by atoms with Crippen LogP contribution in [0.4, 0.5) is 15.8 Å². The van der Waals surface area contributed by atoms with Crippen LogP contribution in [0.25, 0.3) is 0 Å². The van der Waals surface area contributed by atoms with Crippen molar-refractivity contribution in [3.05, 3.63) is 95.3 Å². The molecule has 0 aromatic heterocycles. The van der Waals surface area contributed by atoms with E-state index >= 15 is 0 Å². The number of rotatable bonds is 4. The molecule has 6 heteroatoms. The van der Waals surface area contributed by atoms with Crippen LogP contribution in [0.3, 0.4) is 0 Å². The van der Waals surface area contributed by atoms with Gasteiger partial charge in [0.25, 0.3) is 5.91 Å². The number of benzene rings is 3. The number of carbonyl (C=O) groups is 2. The Hall–Kier alpha value is -3.12. The number of halogens is 1. The van der Waals surface area contributed by atoms with Gasteiger partial charge in [0.2, 0.25) is 10.8 Å². The quantitative estimate of drug-likeness (QED) is 0.591. The first kappa shape index (κ1) is 19.8. The molecule has 2 aliphatic heterocycles. The zero-order valence-corrected chi connectivity index (χ0v) is 17.9. The van der Waals surface area contributed by atoms with E-state index in [9.17, 15) is 14.0 Å². The molecule has 3 aromatic rings. The van der Waals surface area contributed by atoms with E-state index in [1.165, 1.54) is 29.5 Å². The molecule has 3 aromatic carbocycles. The lowest BCUT2D eigenvalue weighted by Crippen LogP contribution is -2.49. The smallest absolute Gasteiger partial charge is 0.269 e. The lowest BCUT2D eigenvalue weighted by atomic mass is 10.0. The van der Waals surface area contributed by atoms with Crippen molar-refractivity contribution in [2.75, 3.05) is 15.6 Å². The third kappa shape index (κ3) is 3.05. The molecule has 2 aliphatic rings. The third-order valence-corrected chi connectivity index (χ3v) is 7.28. The van der Waals surface area contributed by atoms with E-state index in [2.05, 4.69) is 6.92 Å². The summed E-state index contributed by atoms with van der Waals surface area (Å²) in [7, 11) is 0. The normalized spacial score (nSPS) is 20.1. The first-order valence-corrected chi connectivity index (χ1v) is 11.2. The maximum absolute atomic E-state index is 13.9. The van der Waals surface area contributed by atoms with Gasteiger partial charge in [-0.25, -0.2) is 4.39 Å². The van der Waals surface area contributed by atoms with Gasteiger partial charge in [-0.1, -0.05) is 49.4 Å². The number of nitrogens with zero attached hydrogens (tertiary/aromatic N) is 2. The van der Waals surface area contributed by atoms with Crippen LogP contribution in [-0.4, -0.2) is 17.6 Å². The fraction of sp³-hybridized carbons (Fsp3) is 0.200. The molecule has 0 bridgehead atoms. The number of carbonyl (C=O) groups excluding carboxylic acids is 2. The van der Waals surface area contributed by atoms with Crippen molar-refractivity contribution >= 4 is 35.0 Å².